The Morgan fingerprint density at radius 2 is 2.00 bits per heavy atom. The zero-order valence-corrected chi connectivity index (χ0v) is 14.6. The maximum atomic E-state index is 12.2. The summed E-state index contributed by atoms with van der Waals surface area (Å²) >= 11 is 0. The summed E-state index contributed by atoms with van der Waals surface area (Å²) in [6, 6.07) is 5.27. The molecule has 0 spiro atoms. The Morgan fingerprint density at radius 3 is 2.48 bits per heavy atom. The van der Waals surface area contributed by atoms with E-state index in [2.05, 4.69) is 5.32 Å². The van der Waals surface area contributed by atoms with Crippen molar-refractivity contribution in [3.63, 3.8) is 0 Å². The van der Waals surface area contributed by atoms with E-state index in [1.807, 2.05) is 6.07 Å². The van der Waals surface area contributed by atoms with Gasteiger partial charge >= 0.3 is 0 Å². The number of rotatable bonds is 7. The van der Waals surface area contributed by atoms with Crippen LogP contribution in [0.1, 0.15) is 18.4 Å². The van der Waals surface area contributed by atoms with Crippen LogP contribution in [0.4, 0.5) is 0 Å². The van der Waals surface area contributed by atoms with Gasteiger partial charge in [0.25, 0.3) is 5.91 Å². The lowest BCUT2D eigenvalue weighted by Crippen LogP contribution is -2.32. The molecule has 134 valence electrons. The van der Waals surface area contributed by atoms with Crippen molar-refractivity contribution in [1.82, 2.24) is 5.32 Å². The van der Waals surface area contributed by atoms with Crippen LogP contribution in [-0.4, -0.2) is 46.5 Å². The number of benzene rings is 1. The monoisotopic (exact) mass is 346 g/mol. The van der Waals surface area contributed by atoms with Gasteiger partial charge in [0.1, 0.15) is 11.6 Å². The number of ether oxygens (including phenoxy) is 4. The maximum Gasteiger partial charge on any atom is 0.262 e. The van der Waals surface area contributed by atoms with E-state index >= 15 is 0 Å². The van der Waals surface area contributed by atoms with E-state index in [0.717, 1.165) is 12.8 Å². The predicted molar refractivity (Wildman–Crippen MR) is 91.7 cm³/mol. The van der Waals surface area contributed by atoms with E-state index in [-0.39, 0.29) is 11.7 Å². The molecule has 1 aromatic rings. The van der Waals surface area contributed by atoms with Crippen LogP contribution in [0, 0.1) is 11.3 Å². The molecule has 1 heterocycles. The quantitative estimate of drug-likeness (QED) is 0.599. The number of carbonyl (C=O) groups excluding carboxylic acids is 1. The van der Waals surface area contributed by atoms with Gasteiger partial charge in [-0.3, -0.25) is 4.79 Å². The largest absolute Gasteiger partial charge is 0.493 e. The van der Waals surface area contributed by atoms with Gasteiger partial charge in [-0.05, 0) is 36.6 Å². The number of hydrogen-bond donors (Lipinski definition) is 1. The number of nitrogens with one attached hydrogen (secondary N) is 1. The third-order valence-corrected chi connectivity index (χ3v) is 3.88. The highest BCUT2D eigenvalue weighted by molar-refractivity contribution is 6.01. The van der Waals surface area contributed by atoms with Crippen LogP contribution >= 0.6 is 0 Å². The van der Waals surface area contributed by atoms with Crippen molar-refractivity contribution in [2.75, 3.05) is 34.5 Å². The third-order valence-electron chi connectivity index (χ3n) is 3.88. The van der Waals surface area contributed by atoms with Gasteiger partial charge < -0.3 is 24.3 Å². The average Bonchev–Trinajstić information content (AvgIpc) is 3.16. The summed E-state index contributed by atoms with van der Waals surface area (Å²) in [5, 5.41) is 12.0. The highest BCUT2D eigenvalue weighted by Gasteiger charge is 2.18. The SMILES string of the molecule is COc1cc(/C=C(\C#N)C(=O)NC[C@@H]2CCCO2)cc(OC)c1OC. The lowest BCUT2D eigenvalue weighted by atomic mass is 10.1. The second kappa shape index (κ2) is 8.94. The van der Waals surface area contributed by atoms with Crippen molar-refractivity contribution < 1.29 is 23.7 Å². The highest BCUT2D eigenvalue weighted by atomic mass is 16.5. The van der Waals surface area contributed by atoms with Crippen LogP contribution in [0.15, 0.2) is 17.7 Å². The normalized spacial score (nSPS) is 16.9. The van der Waals surface area contributed by atoms with Gasteiger partial charge in [0, 0.05) is 13.2 Å². The number of carbonyl (C=O) groups is 1. The highest BCUT2D eigenvalue weighted by Crippen LogP contribution is 2.38. The number of nitrogens with zero attached hydrogens (tertiary/aromatic N) is 1. The van der Waals surface area contributed by atoms with E-state index in [0.29, 0.717) is 36.0 Å². The van der Waals surface area contributed by atoms with E-state index in [1.54, 1.807) is 12.1 Å². The molecule has 7 nitrogen and oxygen atoms in total. The van der Waals surface area contributed by atoms with Gasteiger partial charge in [-0.25, -0.2) is 0 Å². The smallest absolute Gasteiger partial charge is 0.262 e. The molecule has 1 aliphatic heterocycles. The predicted octanol–water partition coefficient (Wildman–Crippen LogP) is 1.91. The minimum absolute atomic E-state index is 0.00716. The van der Waals surface area contributed by atoms with Crippen LogP contribution < -0.4 is 19.5 Å². The molecule has 1 aromatic carbocycles. The van der Waals surface area contributed by atoms with Crippen LogP contribution in [0.3, 0.4) is 0 Å². The van der Waals surface area contributed by atoms with Gasteiger partial charge in [-0.15, -0.1) is 0 Å². The molecule has 2 rings (SSSR count). The fraction of sp³-hybridized carbons (Fsp3) is 0.444. The molecule has 1 N–H and O–H groups in total. The maximum absolute atomic E-state index is 12.2. The second-order valence-corrected chi connectivity index (χ2v) is 5.47. The fourth-order valence-electron chi connectivity index (χ4n) is 2.61. The van der Waals surface area contributed by atoms with Crippen LogP contribution in [0.2, 0.25) is 0 Å². The molecule has 1 saturated heterocycles. The molecule has 0 radical (unpaired) electrons. The Balaban J connectivity index is 2.20. The molecule has 0 unspecified atom stereocenters. The molecule has 1 amide bonds. The number of methoxy groups -OCH3 is 3. The summed E-state index contributed by atoms with van der Waals surface area (Å²) in [5.41, 5.74) is 0.589. The van der Waals surface area contributed by atoms with Gasteiger partial charge in [0.2, 0.25) is 5.75 Å². The number of amides is 1. The molecule has 7 heteroatoms. The van der Waals surface area contributed by atoms with E-state index in [1.165, 1.54) is 27.4 Å². The summed E-state index contributed by atoms with van der Waals surface area (Å²) in [7, 11) is 4.52. The van der Waals surface area contributed by atoms with Crippen molar-refractivity contribution >= 4 is 12.0 Å². The Hall–Kier alpha value is -2.72. The summed E-state index contributed by atoms with van der Waals surface area (Å²) in [6.07, 6.45) is 3.41. The molecule has 0 aliphatic carbocycles. The van der Waals surface area contributed by atoms with Crippen molar-refractivity contribution in [3.05, 3.63) is 23.3 Å². The Bertz CT molecular complexity index is 662. The second-order valence-electron chi connectivity index (χ2n) is 5.47. The van der Waals surface area contributed by atoms with Gasteiger partial charge in [0.05, 0.1) is 27.4 Å². The number of hydrogen-bond acceptors (Lipinski definition) is 6. The summed E-state index contributed by atoms with van der Waals surface area (Å²) in [4.78, 5) is 12.2. The van der Waals surface area contributed by atoms with E-state index in [9.17, 15) is 10.1 Å². The lowest BCUT2D eigenvalue weighted by molar-refractivity contribution is -0.117. The first-order valence-corrected chi connectivity index (χ1v) is 7.94. The molecular formula is C18H22N2O5. The molecule has 25 heavy (non-hydrogen) atoms. The van der Waals surface area contributed by atoms with Crippen LogP contribution in [0.5, 0.6) is 17.2 Å². The zero-order valence-electron chi connectivity index (χ0n) is 14.6. The third kappa shape index (κ3) is 4.64. The zero-order chi connectivity index (χ0) is 18.2. The first-order chi connectivity index (χ1) is 12.1. The molecule has 0 bridgehead atoms. The molecule has 0 aromatic heterocycles. The minimum Gasteiger partial charge on any atom is -0.493 e. The number of nitriles is 1. The summed E-state index contributed by atoms with van der Waals surface area (Å²) < 4.78 is 21.3. The van der Waals surface area contributed by atoms with Crippen LogP contribution in [0.25, 0.3) is 6.08 Å². The van der Waals surface area contributed by atoms with Gasteiger partial charge in [-0.1, -0.05) is 0 Å². The first kappa shape index (κ1) is 18.6. The summed E-state index contributed by atoms with van der Waals surface area (Å²) in [5.74, 6) is 0.908. The Kier molecular flexibility index (Phi) is 6.66. The fourth-order valence-corrected chi connectivity index (χ4v) is 2.61. The van der Waals surface area contributed by atoms with E-state index in [4.69, 9.17) is 18.9 Å². The van der Waals surface area contributed by atoms with E-state index < -0.39 is 5.91 Å². The standard InChI is InChI=1S/C18H22N2O5/c1-22-15-8-12(9-16(23-2)17(15)24-3)7-13(10-19)18(21)20-11-14-5-4-6-25-14/h7-9,14H,4-6,11H2,1-3H3,(H,20,21)/b13-7+/t14-/m0/s1. The van der Waals surface area contributed by atoms with Crippen molar-refractivity contribution in [2.24, 2.45) is 0 Å². The summed E-state index contributed by atoms with van der Waals surface area (Å²) in [6.45, 7) is 1.11. The molecule has 1 atom stereocenters. The first-order valence-electron chi connectivity index (χ1n) is 7.94. The van der Waals surface area contributed by atoms with Crippen molar-refractivity contribution in [1.29, 1.82) is 5.26 Å². The van der Waals surface area contributed by atoms with Crippen molar-refractivity contribution in [3.8, 4) is 23.3 Å². The molecule has 1 fully saturated rings. The Morgan fingerprint density at radius 1 is 1.32 bits per heavy atom. The molecule has 1 aliphatic rings. The van der Waals surface area contributed by atoms with Crippen LogP contribution in [-0.2, 0) is 9.53 Å². The average molecular weight is 346 g/mol. The van der Waals surface area contributed by atoms with Crippen molar-refractivity contribution in [2.45, 2.75) is 18.9 Å². The van der Waals surface area contributed by atoms with Gasteiger partial charge in [0.15, 0.2) is 11.5 Å². The topological polar surface area (TPSA) is 89.8 Å². The lowest BCUT2D eigenvalue weighted by Gasteiger charge is -2.13. The van der Waals surface area contributed by atoms with Gasteiger partial charge in [-0.2, -0.15) is 5.26 Å². The molecule has 0 saturated carbocycles. The minimum atomic E-state index is -0.438. The molecular weight excluding hydrogens is 324 g/mol. The Labute approximate surface area is 147 Å².